The molecule has 0 aliphatic carbocycles. The molecule has 0 spiro atoms. The van der Waals surface area contributed by atoms with Crippen LogP contribution in [0.4, 0.5) is 14.5 Å². The molecule has 0 bridgehead atoms. The van der Waals surface area contributed by atoms with E-state index in [1.54, 1.807) is 19.2 Å². The van der Waals surface area contributed by atoms with Crippen molar-refractivity contribution in [1.82, 2.24) is 9.97 Å². The standard InChI is InChI=1S/C33H41F2N3O4/c1-20-8-9-24(34)16-22(20)10-15-41-30-26(35)17-23(18-37-30)25-19-36-21(2)27(29(31(39)40)42-32(3,4)5)28(25)38-13-11-33(6,7)12-14-38/h8-9,16-19,29H,10-15H2,1-7H3,(H,39,40). The molecule has 1 saturated heterocycles. The van der Waals surface area contributed by atoms with Gasteiger partial charge in [0.2, 0.25) is 5.88 Å². The Balaban J connectivity index is 1.71. The summed E-state index contributed by atoms with van der Waals surface area (Å²) in [5, 5.41) is 10.3. The highest BCUT2D eigenvalue weighted by Gasteiger charge is 2.36. The van der Waals surface area contributed by atoms with Crippen LogP contribution in [-0.4, -0.2) is 46.3 Å². The molecule has 2 aromatic heterocycles. The van der Waals surface area contributed by atoms with E-state index >= 15 is 4.39 Å². The SMILES string of the molecule is Cc1ccc(F)cc1CCOc1ncc(-c2cnc(C)c(C(OC(C)(C)C)C(=O)O)c2N2CCC(C)(C)CC2)cc1F. The molecule has 7 nitrogen and oxygen atoms in total. The molecule has 1 aromatic carbocycles. The highest BCUT2D eigenvalue weighted by molar-refractivity contribution is 5.86. The van der Waals surface area contributed by atoms with Crippen LogP contribution in [0.1, 0.15) is 75.9 Å². The first-order chi connectivity index (χ1) is 19.6. The Hall–Kier alpha value is -3.59. The zero-order valence-electron chi connectivity index (χ0n) is 25.6. The predicted octanol–water partition coefficient (Wildman–Crippen LogP) is 7.23. The number of rotatable bonds is 9. The average Bonchev–Trinajstić information content (AvgIpc) is 2.89. The fraction of sp³-hybridized carbons (Fsp3) is 0.485. The van der Waals surface area contributed by atoms with E-state index in [1.165, 1.54) is 24.4 Å². The molecule has 1 aliphatic rings. The Morgan fingerprint density at radius 2 is 1.79 bits per heavy atom. The number of aliphatic carboxylic acids is 1. The summed E-state index contributed by atoms with van der Waals surface area (Å²) in [5.41, 5.74) is 3.83. The summed E-state index contributed by atoms with van der Waals surface area (Å²) in [5.74, 6) is -2.26. The first kappa shape index (κ1) is 31.3. The molecule has 0 saturated carbocycles. The number of nitrogens with zero attached hydrogens (tertiary/aromatic N) is 3. The van der Waals surface area contributed by atoms with E-state index in [0.29, 0.717) is 47.6 Å². The summed E-state index contributed by atoms with van der Waals surface area (Å²) in [4.78, 5) is 23.5. The van der Waals surface area contributed by atoms with E-state index in [2.05, 4.69) is 28.7 Å². The Morgan fingerprint density at radius 1 is 1.10 bits per heavy atom. The number of carbonyl (C=O) groups is 1. The van der Waals surface area contributed by atoms with Crippen LogP contribution >= 0.6 is 0 Å². The van der Waals surface area contributed by atoms with Crippen molar-refractivity contribution in [2.24, 2.45) is 5.41 Å². The monoisotopic (exact) mass is 581 g/mol. The third-order valence-electron chi connectivity index (χ3n) is 7.72. The Kier molecular flexibility index (Phi) is 9.21. The lowest BCUT2D eigenvalue weighted by molar-refractivity contribution is -0.160. The first-order valence-electron chi connectivity index (χ1n) is 14.3. The van der Waals surface area contributed by atoms with Crippen molar-refractivity contribution < 1.29 is 28.2 Å². The molecule has 1 aliphatic heterocycles. The van der Waals surface area contributed by atoms with E-state index in [9.17, 15) is 14.3 Å². The van der Waals surface area contributed by atoms with E-state index in [1.807, 2.05) is 27.7 Å². The average molecular weight is 582 g/mol. The summed E-state index contributed by atoms with van der Waals surface area (Å²) in [6.07, 6.45) is 4.12. The number of ether oxygens (including phenoxy) is 2. The zero-order chi connectivity index (χ0) is 30.8. The quantitative estimate of drug-likeness (QED) is 0.285. The fourth-order valence-electron chi connectivity index (χ4n) is 5.24. The minimum atomic E-state index is -1.27. The van der Waals surface area contributed by atoms with Gasteiger partial charge in [0.25, 0.3) is 0 Å². The van der Waals surface area contributed by atoms with Crippen LogP contribution in [0, 0.1) is 30.9 Å². The zero-order valence-corrected chi connectivity index (χ0v) is 25.6. The van der Waals surface area contributed by atoms with E-state index in [4.69, 9.17) is 9.47 Å². The number of carboxylic acid groups (broad SMARTS) is 1. The van der Waals surface area contributed by atoms with Gasteiger partial charge in [0, 0.05) is 54.3 Å². The number of pyridine rings is 2. The summed E-state index contributed by atoms with van der Waals surface area (Å²) >= 11 is 0. The lowest BCUT2D eigenvalue weighted by Gasteiger charge is -2.40. The minimum absolute atomic E-state index is 0.128. The number of aryl methyl sites for hydroxylation is 2. The van der Waals surface area contributed by atoms with Crippen LogP contribution in [0.5, 0.6) is 5.88 Å². The third kappa shape index (κ3) is 7.43. The molecule has 1 fully saturated rings. The van der Waals surface area contributed by atoms with Gasteiger partial charge in [-0.05, 0) is 82.2 Å². The summed E-state index contributed by atoms with van der Waals surface area (Å²) < 4.78 is 40.7. The van der Waals surface area contributed by atoms with Crippen molar-refractivity contribution in [2.45, 2.75) is 79.4 Å². The molecule has 3 aromatic rings. The number of piperidine rings is 1. The lowest BCUT2D eigenvalue weighted by Crippen LogP contribution is -2.39. The van der Waals surface area contributed by atoms with Crippen LogP contribution in [0.25, 0.3) is 11.1 Å². The van der Waals surface area contributed by atoms with E-state index < -0.39 is 23.5 Å². The van der Waals surface area contributed by atoms with Gasteiger partial charge in [-0.3, -0.25) is 4.98 Å². The number of aromatic nitrogens is 2. The Bertz CT molecular complexity index is 1440. The van der Waals surface area contributed by atoms with Gasteiger partial charge in [0.05, 0.1) is 17.9 Å². The molecule has 0 radical (unpaired) electrons. The fourth-order valence-corrected chi connectivity index (χ4v) is 5.24. The highest BCUT2D eigenvalue weighted by Crippen LogP contribution is 2.43. The van der Waals surface area contributed by atoms with Crippen molar-refractivity contribution >= 4 is 11.7 Å². The molecule has 4 rings (SSSR count). The van der Waals surface area contributed by atoms with E-state index in [-0.39, 0.29) is 23.7 Å². The van der Waals surface area contributed by atoms with Crippen molar-refractivity contribution in [3.8, 4) is 17.0 Å². The number of benzene rings is 1. The van der Waals surface area contributed by atoms with Gasteiger partial charge in [-0.2, -0.15) is 0 Å². The van der Waals surface area contributed by atoms with Gasteiger partial charge in [-0.1, -0.05) is 19.9 Å². The van der Waals surface area contributed by atoms with Crippen molar-refractivity contribution in [3.05, 3.63) is 70.7 Å². The van der Waals surface area contributed by atoms with Gasteiger partial charge in [-0.25, -0.2) is 18.6 Å². The molecule has 3 heterocycles. The smallest absolute Gasteiger partial charge is 0.337 e. The van der Waals surface area contributed by atoms with Crippen LogP contribution in [-0.2, 0) is 16.0 Å². The molecule has 1 atom stereocenters. The highest BCUT2D eigenvalue weighted by atomic mass is 19.1. The maximum Gasteiger partial charge on any atom is 0.337 e. The molecule has 1 unspecified atom stereocenters. The second kappa shape index (κ2) is 12.3. The number of carboxylic acids is 1. The van der Waals surface area contributed by atoms with Crippen molar-refractivity contribution in [3.63, 3.8) is 0 Å². The molecule has 9 heteroatoms. The van der Waals surface area contributed by atoms with Crippen molar-refractivity contribution in [1.29, 1.82) is 0 Å². The number of anilines is 1. The molecule has 1 N–H and O–H groups in total. The maximum atomic E-state index is 15.4. The summed E-state index contributed by atoms with van der Waals surface area (Å²) in [7, 11) is 0. The minimum Gasteiger partial charge on any atom is -0.479 e. The second-order valence-corrected chi connectivity index (χ2v) is 12.8. The van der Waals surface area contributed by atoms with Gasteiger partial charge in [-0.15, -0.1) is 0 Å². The van der Waals surface area contributed by atoms with Gasteiger partial charge < -0.3 is 19.5 Å². The largest absolute Gasteiger partial charge is 0.479 e. The van der Waals surface area contributed by atoms with Crippen LogP contribution in [0.15, 0.2) is 36.7 Å². The lowest BCUT2D eigenvalue weighted by atomic mass is 9.82. The number of hydrogen-bond acceptors (Lipinski definition) is 6. The Labute approximate surface area is 246 Å². The topological polar surface area (TPSA) is 84.8 Å². The van der Waals surface area contributed by atoms with Gasteiger partial charge >= 0.3 is 5.97 Å². The maximum absolute atomic E-state index is 15.4. The van der Waals surface area contributed by atoms with Gasteiger partial charge in [0.1, 0.15) is 5.82 Å². The molecule has 42 heavy (non-hydrogen) atoms. The number of halogens is 2. The molecular weight excluding hydrogens is 540 g/mol. The summed E-state index contributed by atoms with van der Waals surface area (Å²) in [6, 6.07) is 5.89. The predicted molar refractivity (Wildman–Crippen MR) is 159 cm³/mol. The molecule has 0 amide bonds. The van der Waals surface area contributed by atoms with Crippen LogP contribution in [0.3, 0.4) is 0 Å². The van der Waals surface area contributed by atoms with Crippen molar-refractivity contribution in [2.75, 3.05) is 24.6 Å². The van der Waals surface area contributed by atoms with Crippen LogP contribution < -0.4 is 9.64 Å². The van der Waals surface area contributed by atoms with Gasteiger partial charge in [0.15, 0.2) is 11.9 Å². The normalized spacial score (nSPS) is 15.9. The molecule has 226 valence electrons. The second-order valence-electron chi connectivity index (χ2n) is 12.8. The first-order valence-corrected chi connectivity index (χ1v) is 14.3. The molecular formula is C33H41F2N3O4. The number of hydrogen-bond donors (Lipinski definition) is 1. The summed E-state index contributed by atoms with van der Waals surface area (Å²) in [6.45, 7) is 15.1. The van der Waals surface area contributed by atoms with E-state index in [0.717, 1.165) is 24.0 Å². The Morgan fingerprint density at radius 3 is 2.40 bits per heavy atom. The van der Waals surface area contributed by atoms with Crippen LogP contribution in [0.2, 0.25) is 0 Å². The third-order valence-corrected chi connectivity index (χ3v) is 7.72.